The van der Waals surface area contributed by atoms with Crippen LogP contribution in [0.5, 0.6) is 5.75 Å². The predicted molar refractivity (Wildman–Crippen MR) is 145 cm³/mol. The van der Waals surface area contributed by atoms with Crippen LogP contribution in [-0.4, -0.2) is 75.4 Å². The van der Waals surface area contributed by atoms with Crippen molar-refractivity contribution in [3.8, 4) is 5.75 Å². The monoisotopic (exact) mass is 530 g/mol. The average molecular weight is 531 g/mol. The summed E-state index contributed by atoms with van der Waals surface area (Å²) in [5, 5.41) is 0.625. The Balaban J connectivity index is 1.68. The van der Waals surface area contributed by atoms with E-state index in [4.69, 9.17) is 9.72 Å². The molecule has 0 aliphatic carbocycles. The number of sulfonamides is 1. The summed E-state index contributed by atoms with van der Waals surface area (Å²) in [6, 6.07) is 9.66. The van der Waals surface area contributed by atoms with E-state index in [2.05, 4.69) is 11.0 Å². The van der Waals surface area contributed by atoms with Crippen LogP contribution >= 0.6 is 11.3 Å². The summed E-state index contributed by atoms with van der Waals surface area (Å²) in [6.07, 6.45) is 1.88. The van der Waals surface area contributed by atoms with Crippen molar-refractivity contribution in [2.24, 2.45) is 0 Å². The van der Waals surface area contributed by atoms with Gasteiger partial charge in [-0.05, 0) is 89.1 Å². The number of thiazole rings is 1. The first-order valence-corrected chi connectivity index (χ1v) is 14.4. The van der Waals surface area contributed by atoms with Gasteiger partial charge in [-0.2, -0.15) is 4.31 Å². The maximum Gasteiger partial charge on any atom is 0.247 e. The van der Waals surface area contributed by atoms with Crippen LogP contribution in [0.15, 0.2) is 41.3 Å². The van der Waals surface area contributed by atoms with Crippen LogP contribution in [0, 0.1) is 13.8 Å². The molecule has 0 N–H and O–H groups in total. The number of aryl methyl sites for hydroxylation is 2. The summed E-state index contributed by atoms with van der Waals surface area (Å²) in [5.74, 6) is 0.370. The molecule has 0 radical (unpaired) electrons. The SMILES string of the molecule is COc1ccc(S(=O)(=O)N2CCCC2C(=O)N(CCCN(C)C)c2nc3c(C)ccc(C)c3s2)cc1. The second kappa shape index (κ2) is 10.8. The Morgan fingerprint density at radius 1 is 1.11 bits per heavy atom. The topological polar surface area (TPSA) is 83.0 Å². The fourth-order valence-corrected chi connectivity index (χ4v) is 7.34. The van der Waals surface area contributed by atoms with Gasteiger partial charge in [-0.1, -0.05) is 23.5 Å². The first-order valence-electron chi connectivity index (χ1n) is 12.1. The van der Waals surface area contributed by atoms with Gasteiger partial charge in [-0.3, -0.25) is 9.69 Å². The van der Waals surface area contributed by atoms with E-state index < -0.39 is 16.1 Å². The van der Waals surface area contributed by atoms with Gasteiger partial charge in [0.05, 0.1) is 22.2 Å². The Hall–Kier alpha value is -2.53. The van der Waals surface area contributed by atoms with Gasteiger partial charge in [0.15, 0.2) is 5.13 Å². The molecule has 36 heavy (non-hydrogen) atoms. The average Bonchev–Trinajstić information content (AvgIpc) is 3.53. The first-order chi connectivity index (χ1) is 17.1. The molecule has 0 saturated carbocycles. The predicted octanol–water partition coefficient (Wildman–Crippen LogP) is 4.06. The zero-order valence-electron chi connectivity index (χ0n) is 21.5. The molecule has 194 valence electrons. The second-order valence-electron chi connectivity index (χ2n) is 9.47. The fourth-order valence-electron chi connectivity index (χ4n) is 4.55. The maximum atomic E-state index is 14.0. The number of ether oxygens (including phenoxy) is 1. The molecule has 2 heterocycles. The standard InChI is InChI=1S/C26H34N4O4S2/c1-18-9-10-19(2)24-23(18)27-26(35-24)29(16-7-15-28(3)4)25(31)22-8-6-17-30(22)36(32,33)21-13-11-20(34-5)12-14-21/h9-14,22H,6-8,15-17H2,1-5H3. The molecule has 0 spiro atoms. The van der Waals surface area contributed by atoms with Crippen molar-refractivity contribution < 1.29 is 17.9 Å². The maximum absolute atomic E-state index is 14.0. The zero-order valence-corrected chi connectivity index (χ0v) is 23.2. The lowest BCUT2D eigenvalue weighted by Gasteiger charge is -2.29. The molecule has 1 aliphatic heterocycles. The molecule has 4 rings (SSSR count). The van der Waals surface area contributed by atoms with Crippen LogP contribution in [0.3, 0.4) is 0 Å². The number of carbonyl (C=O) groups is 1. The van der Waals surface area contributed by atoms with Gasteiger partial charge < -0.3 is 9.64 Å². The summed E-state index contributed by atoms with van der Waals surface area (Å²) in [7, 11) is 1.69. The highest BCUT2D eigenvalue weighted by atomic mass is 32.2. The van der Waals surface area contributed by atoms with Crippen LogP contribution in [0.1, 0.15) is 30.4 Å². The number of rotatable bonds is 9. The minimum atomic E-state index is -3.84. The molecular weight excluding hydrogens is 496 g/mol. The largest absolute Gasteiger partial charge is 0.497 e. The summed E-state index contributed by atoms with van der Waals surface area (Å²) < 4.78 is 34.7. The number of benzene rings is 2. The minimum absolute atomic E-state index is 0.161. The van der Waals surface area contributed by atoms with E-state index in [1.165, 1.54) is 34.9 Å². The van der Waals surface area contributed by atoms with Crippen molar-refractivity contribution >= 4 is 42.6 Å². The molecule has 2 aromatic carbocycles. The minimum Gasteiger partial charge on any atom is -0.497 e. The Morgan fingerprint density at radius 2 is 1.81 bits per heavy atom. The van der Waals surface area contributed by atoms with E-state index in [0.29, 0.717) is 36.8 Å². The zero-order chi connectivity index (χ0) is 26.0. The quantitative estimate of drug-likeness (QED) is 0.415. The van der Waals surface area contributed by atoms with E-state index in [9.17, 15) is 13.2 Å². The molecule has 1 aliphatic rings. The first kappa shape index (κ1) is 26.5. The summed E-state index contributed by atoms with van der Waals surface area (Å²) in [5.41, 5.74) is 3.07. The van der Waals surface area contributed by atoms with Crippen LogP contribution < -0.4 is 9.64 Å². The lowest BCUT2D eigenvalue weighted by molar-refractivity contribution is -0.121. The Bertz CT molecular complexity index is 1300. The molecule has 1 saturated heterocycles. The molecule has 1 fully saturated rings. The number of anilines is 1. The number of fused-ring (bicyclic) bond motifs is 1. The molecule has 1 unspecified atom stereocenters. The number of methoxy groups -OCH3 is 1. The number of aromatic nitrogens is 1. The Kier molecular flexibility index (Phi) is 7.99. The molecular formula is C26H34N4O4S2. The number of hydrogen-bond acceptors (Lipinski definition) is 7. The summed E-state index contributed by atoms with van der Waals surface area (Å²) in [6.45, 7) is 5.66. The van der Waals surface area contributed by atoms with Gasteiger partial charge in [-0.25, -0.2) is 13.4 Å². The van der Waals surface area contributed by atoms with Gasteiger partial charge in [0.25, 0.3) is 0 Å². The van der Waals surface area contributed by atoms with Gasteiger partial charge in [0.1, 0.15) is 11.8 Å². The van der Waals surface area contributed by atoms with Gasteiger partial charge >= 0.3 is 0 Å². The number of amides is 1. The highest BCUT2D eigenvalue weighted by molar-refractivity contribution is 7.89. The molecule has 1 aromatic heterocycles. The van der Waals surface area contributed by atoms with Gasteiger partial charge in [0, 0.05) is 13.1 Å². The third-order valence-electron chi connectivity index (χ3n) is 6.57. The summed E-state index contributed by atoms with van der Waals surface area (Å²) in [4.78, 5) is 22.8. The Morgan fingerprint density at radius 3 is 2.44 bits per heavy atom. The molecule has 10 heteroatoms. The molecule has 0 bridgehead atoms. The molecule has 3 aromatic rings. The number of nitrogens with zero attached hydrogens (tertiary/aromatic N) is 4. The lowest BCUT2D eigenvalue weighted by atomic mass is 10.1. The van der Waals surface area contributed by atoms with E-state index in [1.807, 2.05) is 34.0 Å². The van der Waals surface area contributed by atoms with Crippen molar-refractivity contribution in [2.45, 2.75) is 44.0 Å². The summed E-state index contributed by atoms with van der Waals surface area (Å²) >= 11 is 1.50. The third-order valence-corrected chi connectivity index (χ3v) is 9.71. The van der Waals surface area contributed by atoms with Crippen molar-refractivity contribution in [2.75, 3.05) is 45.7 Å². The normalized spacial score (nSPS) is 16.7. The highest BCUT2D eigenvalue weighted by Gasteiger charge is 2.42. The van der Waals surface area contributed by atoms with Crippen LogP contribution in [-0.2, 0) is 14.8 Å². The van der Waals surface area contributed by atoms with Crippen LogP contribution in [0.4, 0.5) is 5.13 Å². The van der Waals surface area contributed by atoms with Crippen molar-refractivity contribution in [1.82, 2.24) is 14.2 Å². The lowest BCUT2D eigenvalue weighted by Crippen LogP contribution is -2.48. The van der Waals surface area contributed by atoms with Crippen LogP contribution in [0.2, 0.25) is 0 Å². The van der Waals surface area contributed by atoms with Crippen molar-refractivity contribution in [3.63, 3.8) is 0 Å². The third kappa shape index (κ3) is 5.27. The fraction of sp³-hybridized carbons (Fsp3) is 0.462. The molecule has 1 atom stereocenters. The van der Waals surface area contributed by atoms with Gasteiger partial charge in [-0.15, -0.1) is 0 Å². The molecule has 8 nitrogen and oxygen atoms in total. The second-order valence-corrected chi connectivity index (χ2v) is 12.3. The van der Waals surface area contributed by atoms with E-state index in [0.717, 1.165) is 34.3 Å². The highest BCUT2D eigenvalue weighted by Crippen LogP contribution is 2.35. The number of carbonyl (C=O) groups excluding carboxylic acids is 1. The Labute approximate surface area is 217 Å². The smallest absolute Gasteiger partial charge is 0.247 e. The van der Waals surface area contributed by atoms with Crippen molar-refractivity contribution in [1.29, 1.82) is 0 Å². The van der Waals surface area contributed by atoms with Crippen LogP contribution in [0.25, 0.3) is 10.2 Å². The van der Waals surface area contributed by atoms with E-state index >= 15 is 0 Å². The molecule has 1 amide bonds. The van der Waals surface area contributed by atoms with Crippen molar-refractivity contribution in [3.05, 3.63) is 47.5 Å². The van der Waals surface area contributed by atoms with E-state index in [1.54, 1.807) is 17.0 Å². The van der Waals surface area contributed by atoms with E-state index in [-0.39, 0.29) is 10.8 Å². The van der Waals surface area contributed by atoms with Gasteiger partial charge in [0.2, 0.25) is 15.9 Å². The number of hydrogen-bond donors (Lipinski definition) is 0.